The first kappa shape index (κ1) is 27.3. The van der Waals surface area contributed by atoms with Crippen molar-refractivity contribution in [2.75, 3.05) is 19.1 Å². The van der Waals surface area contributed by atoms with Crippen LogP contribution in [0.2, 0.25) is 0 Å². The fourth-order valence-electron chi connectivity index (χ4n) is 5.92. The van der Waals surface area contributed by atoms with Crippen molar-refractivity contribution in [2.24, 2.45) is 5.92 Å². The Morgan fingerprint density at radius 2 is 1.85 bits per heavy atom. The number of nitrogens with zero attached hydrogens (tertiary/aromatic N) is 5. The number of carbonyl (C=O) groups excluding carboxylic acids is 2. The molecule has 1 spiro atoms. The van der Waals surface area contributed by atoms with Gasteiger partial charge in [-0.05, 0) is 57.1 Å². The van der Waals surface area contributed by atoms with E-state index in [1.54, 1.807) is 19.0 Å². The number of rotatable bonds is 5. The van der Waals surface area contributed by atoms with Crippen molar-refractivity contribution in [3.05, 3.63) is 62.5 Å². The lowest BCUT2D eigenvalue weighted by Crippen LogP contribution is -2.69. The van der Waals surface area contributed by atoms with Gasteiger partial charge in [0, 0.05) is 44.2 Å². The molecule has 2 amide bonds. The van der Waals surface area contributed by atoms with Crippen LogP contribution >= 0.6 is 11.3 Å². The molecule has 2 aliphatic carbocycles. The summed E-state index contributed by atoms with van der Waals surface area (Å²) in [5, 5.41) is 24.7. The van der Waals surface area contributed by atoms with Crippen molar-refractivity contribution in [3.63, 3.8) is 0 Å². The molecule has 2 N–H and O–H groups in total. The summed E-state index contributed by atoms with van der Waals surface area (Å²) in [7, 11) is 3.44. The van der Waals surface area contributed by atoms with Crippen LogP contribution in [0.1, 0.15) is 66.5 Å². The molecular formula is C28H30F2N6O4S. The zero-order chi connectivity index (χ0) is 29.3. The van der Waals surface area contributed by atoms with Crippen molar-refractivity contribution < 1.29 is 23.5 Å². The molecule has 41 heavy (non-hydrogen) atoms. The van der Waals surface area contributed by atoms with Crippen LogP contribution < -0.4 is 15.8 Å². The van der Waals surface area contributed by atoms with Gasteiger partial charge < -0.3 is 15.3 Å². The van der Waals surface area contributed by atoms with E-state index in [1.165, 1.54) is 16.9 Å². The summed E-state index contributed by atoms with van der Waals surface area (Å²) in [5.41, 5.74) is -1.53. The average Bonchev–Trinajstić information content (AvgIpc) is 3.48. The van der Waals surface area contributed by atoms with Gasteiger partial charge in [-0.1, -0.05) is 17.4 Å². The van der Waals surface area contributed by atoms with Gasteiger partial charge in [0.1, 0.15) is 22.3 Å². The Labute approximate surface area is 238 Å². The lowest BCUT2D eigenvalue weighted by atomic mass is 9.79. The number of fused-ring (bicyclic) bond motifs is 1. The summed E-state index contributed by atoms with van der Waals surface area (Å²) < 4.78 is 28.9. The van der Waals surface area contributed by atoms with E-state index in [0.29, 0.717) is 30.7 Å². The van der Waals surface area contributed by atoms with Crippen LogP contribution in [0.25, 0.3) is 10.6 Å². The summed E-state index contributed by atoms with van der Waals surface area (Å²) in [5.74, 6) is -2.70. The van der Waals surface area contributed by atoms with Crippen LogP contribution in [0.3, 0.4) is 0 Å². The third-order valence-corrected chi connectivity index (χ3v) is 9.81. The molecule has 0 atom stereocenters. The zero-order valence-corrected chi connectivity index (χ0v) is 23.7. The largest absolute Gasteiger partial charge is 0.502 e. The van der Waals surface area contributed by atoms with Gasteiger partial charge in [-0.15, -0.1) is 10.2 Å². The summed E-state index contributed by atoms with van der Waals surface area (Å²) in [6.45, 7) is 2.04. The van der Waals surface area contributed by atoms with Gasteiger partial charge >= 0.3 is 0 Å². The number of hydrogen-bond acceptors (Lipinski definition) is 8. The summed E-state index contributed by atoms with van der Waals surface area (Å²) in [6, 6.07) is 3.27. The first-order valence-corrected chi connectivity index (χ1v) is 14.3. The Morgan fingerprint density at radius 1 is 1.15 bits per heavy atom. The first-order valence-electron chi connectivity index (χ1n) is 13.5. The Kier molecular flexibility index (Phi) is 6.40. The van der Waals surface area contributed by atoms with E-state index < -0.39 is 34.4 Å². The fraction of sp³-hybridized carbons (Fsp3) is 0.464. The second kappa shape index (κ2) is 9.61. The van der Waals surface area contributed by atoms with E-state index in [0.717, 1.165) is 36.3 Å². The second-order valence-corrected chi connectivity index (χ2v) is 12.6. The minimum absolute atomic E-state index is 0.0414. The van der Waals surface area contributed by atoms with E-state index in [9.17, 15) is 28.3 Å². The highest BCUT2D eigenvalue weighted by molar-refractivity contribution is 7.14. The Bertz CT molecular complexity index is 1630. The number of pyridine rings is 1. The number of hydrogen-bond donors (Lipinski definition) is 2. The molecule has 216 valence electrons. The van der Waals surface area contributed by atoms with E-state index >= 15 is 0 Å². The number of halogens is 2. The lowest BCUT2D eigenvalue weighted by Gasteiger charge is -2.55. The minimum Gasteiger partial charge on any atom is -0.502 e. The van der Waals surface area contributed by atoms with Crippen molar-refractivity contribution >= 4 is 23.2 Å². The summed E-state index contributed by atoms with van der Waals surface area (Å²) in [6.07, 6.45) is 5.69. The van der Waals surface area contributed by atoms with Gasteiger partial charge in [0.25, 0.3) is 5.91 Å². The highest BCUT2D eigenvalue weighted by atomic mass is 32.1. The molecule has 0 unspecified atom stereocenters. The van der Waals surface area contributed by atoms with Crippen molar-refractivity contribution in [1.82, 2.24) is 25.1 Å². The molecule has 0 saturated heterocycles. The predicted molar refractivity (Wildman–Crippen MR) is 147 cm³/mol. The van der Waals surface area contributed by atoms with Crippen LogP contribution in [0.5, 0.6) is 5.75 Å². The third-order valence-electron chi connectivity index (χ3n) is 8.86. The van der Waals surface area contributed by atoms with Crippen LogP contribution in [0.15, 0.2) is 29.2 Å². The lowest BCUT2D eigenvalue weighted by molar-refractivity contribution is -0.127. The van der Waals surface area contributed by atoms with Crippen LogP contribution in [0.4, 0.5) is 8.78 Å². The highest BCUT2D eigenvalue weighted by Gasteiger charge is 2.51. The highest BCUT2D eigenvalue weighted by Crippen LogP contribution is 2.43. The number of amides is 2. The molecule has 0 bridgehead atoms. The van der Waals surface area contributed by atoms with Crippen molar-refractivity contribution in [1.29, 1.82) is 0 Å². The molecule has 13 heteroatoms. The number of nitrogens with one attached hydrogen (secondary N) is 1. The maximum Gasteiger partial charge on any atom is 0.278 e. The molecule has 3 heterocycles. The number of aromatic hydroxyl groups is 1. The molecule has 2 aromatic heterocycles. The number of aromatic nitrogens is 3. The molecule has 2 fully saturated rings. The van der Waals surface area contributed by atoms with Gasteiger partial charge in [-0.25, -0.2) is 8.78 Å². The Hall–Kier alpha value is -3.87. The van der Waals surface area contributed by atoms with E-state index in [2.05, 4.69) is 15.5 Å². The second-order valence-electron chi connectivity index (χ2n) is 11.5. The van der Waals surface area contributed by atoms with E-state index in [1.807, 2.05) is 11.9 Å². The van der Waals surface area contributed by atoms with Gasteiger partial charge in [-0.2, -0.15) is 0 Å². The molecule has 0 radical (unpaired) electrons. The van der Waals surface area contributed by atoms with E-state index in [-0.39, 0.29) is 45.6 Å². The molecule has 3 aliphatic rings. The van der Waals surface area contributed by atoms with Gasteiger partial charge in [0.15, 0.2) is 16.5 Å². The smallest absolute Gasteiger partial charge is 0.278 e. The molecule has 1 aromatic carbocycles. The van der Waals surface area contributed by atoms with Crippen molar-refractivity contribution in [2.45, 2.75) is 63.1 Å². The maximum absolute atomic E-state index is 14.2. The third kappa shape index (κ3) is 4.55. The van der Waals surface area contributed by atoms with Crippen LogP contribution in [-0.4, -0.2) is 62.0 Å². The van der Waals surface area contributed by atoms with Crippen molar-refractivity contribution in [3.8, 4) is 16.3 Å². The zero-order valence-electron chi connectivity index (χ0n) is 22.9. The Balaban J connectivity index is 1.29. The molecule has 10 nitrogen and oxygen atoms in total. The molecule has 6 rings (SSSR count). The predicted octanol–water partition coefficient (Wildman–Crippen LogP) is 3.15. The summed E-state index contributed by atoms with van der Waals surface area (Å²) >= 11 is 1.04. The average molecular weight is 585 g/mol. The molecule has 2 saturated carbocycles. The summed E-state index contributed by atoms with van der Waals surface area (Å²) in [4.78, 5) is 41.2. The topological polar surface area (TPSA) is 121 Å². The normalized spacial score (nSPS) is 23.0. The van der Waals surface area contributed by atoms with Crippen LogP contribution in [-0.2, 0) is 11.2 Å². The van der Waals surface area contributed by atoms with Gasteiger partial charge in [-0.3, -0.25) is 24.1 Å². The van der Waals surface area contributed by atoms with Gasteiger partial charge in [0.2, 0.25) is 11.3 Å². The molecule has 3 aromatic rings. The molecule has 1 aliphatic heterocycles. The number of benzene rings is 1. The maximum atomic E-state index is 14.2. The number of carbonyl (C=O) groups is 2. The SMILES string of the molecule is CN1C(=O)c2c(O)c(=O)c(-c3nnc(Cc4ccc(F)cc4F)s3)cn2N(C)C12CCC(C(=O)NC1(C)CC1)CC2. The standard InChI is InChI=1S/C28H30F2N6O4S/c1-27(10-11-27)31-24(39)15-6-8-28(9-7-15)34(2)26(40)21-23(38)22(37)18(14-36(21)35(28)3)25-33-32-20(41-25)12-16-4-5-17(29)13-19(16)30/h4-5,13-15,38H,6-12H2,1-3H3,(H,31,39). The molecular weight excluding hydrogens is 554 g/mol. The van der Waals surface area contributed by atoms with Crippen LogP contribution in [0, 0.1) is 17.6 Å². The van der Waals surface area contributed by atoms with Gasteiger partial charge in [0.05, 0.1) is 5.56 Å². The first-order chi connectivity index (χ1) is 19.4. The quantitative estimate of drug-likeness (QED) is 0.473. The fourth-order valence-corrected chi connectivity index (χ4v) is 6.79. The Morgan fingerprint density at radius 3 is 2.51 bits per heavy atom. The minimum atomic E-state index is -0.771. The monoisotopic (exact) mass is 584 g/mol. The van der Waals surface area contributed by atoms with E-state index in [4.69, 9.17) is 0 Å².